The number of alkyl halides is 1. The molecular weight excluding hydrogens is 246 g/mol. The van der Waals surface area contributed by atoms with Gasteiger partial charge in [-0.05, 0) is 37.1 Å². The maximum atomic E-state index is 13.5. The second kappa shape index (κ2) is 5.69. The molecule has 0 radical (unpaired) electrons. The number of hydrogen-bond donors (Lipinski definition) is 0. The Hall–Kier alpha value is -0.810. The molecule has 5 heteroatoms. The van der Waals surface area contributed by atoms with Crippen molar-refractivity contribution in [1.29, 1.82) is 0 Å². The fraction of sp³-hybridized carbons (Fsp3) is 0.500. The smallest absolute Gasteiger partial charge is 0.189 e. The first-order valence-electron chi connectivity index (χ1n) is 5.65. The predicted molar refractivity (Wildman–Crippen MR) is 61.0 cm³/mol. The van der Waals surface area contributed by atoms with E-state index in [4.69, 9.17) is 4.18 Å². The Balaban J connectivity index is 1.98. The Labute approximate surface area is 102 Å². The van der Waals surface area contributed by atoms with Gasteiger partial charge in [-0.15, -0.1) is 0 Å². The lowest BCUT2D eigenvalue weighted by Gasteiger charge is -2.24. The molecule has 1 fully saturated rings. The van der Waals surface area contributed by atoms with E-state index in [-0.39, 0.29) is 0 Å². The molecule has 0 saturated heterocycles. The van der Waals surface area contributed by atoms with Crippen LogP contribution in [0.5, 0.6) is 0 Å². The molecule has 0 aromatic heterocycles. The molecule has 2 rings (SSSR count). The van der Waals surface area contributed by atoms with E-state index in [0.717, 1.165) is 12.8 Å². The normalized spacial score (nSPS) is 26.7. The van der Waals surface area contributed by atoms with Crippen molar-refractivity contribution in [2.24, 2.45) is 0 Å². The zero-order valence-corrected chi connectivity index (χ0v) is 10.1. The van der Waals surface area contributed by atoms with Crippen molar-refractivity contribution in [3.8, 4) is 0 Å². The highest BCUT2D eigenvalue weighted by Crippen LogP contribution is 2.25. The molecule has 0 amide bonds. The van der Waals surface area contributed by atoms with Crippen molar-refractivity contribution >= 4 is 11.1 Å². The third kappa shape index (κ3) is 3.33. The van der Waals surface area contributed by atoms with Gasteiger partial charge in [0.1, 0.15) is 18.1 Å². The van der Waals surface area contributed by atoms with E-state index in [2.05, 4.69) is 0 Å². The van der Waals surface area contributed by atoms with Gasteiger partial charge in [0, 0.05) is 0 Å². The van der Waals surface area contributed by atoms with Crippen LogP contribution in [0.4, 0.5) is 8.78 Å². The Kier molecular flexibility index (Phi) is 4.23. The first kappa shape index (κ1) is 12.6. The minimum atomic E-state index is -1.72. The van der Waals surface area contributed by atoms with E-state index < -0.39 is 29.2 Å². The highest BCUT2D eigenvalue weighted by Gasteiger charge is 2.27. The van der Waals surface area contributed by atoms with Gasteiger partial charge in [0.05, 0.1) is 4.90 Å². The van der Waals surface area contributed by atoms with Crippen molar-refractivity contribution in [2.45, 2.75) is 42.9 Å². The highest BCUT2D eigenvalue weighted by molar-refractivity contribution is 7.80. The third-order valence-electron chi connectivity index (χ3n) is 2.84. The molecule has 17 heavy (non-hydrogen) atoms. The lowest BCUT2D eigenvalue weighted by Crippen LogP contribution is -2.29. The molecule has 1 aliphatic carbocycles. The van der Waals surface area contributed by atoms with Crippen LogP contribution < -0.4 is 0 Å². The van der Waals surface area contributed by atoms with Gasteiger partial charge in [0.15, 0.2) is 11.1 Å². The summed E-state index contributed by atoms with van der Waals surface area (Å²) in [7, 11) is 0. The maximum Gasteiger partial charge on any atom is 0.189 e. The number of benzene rings is 1. The Bertz CT molecular complexity index is 394. The quantitative estimate of drug-likeness (QED) is 0.834. The fourth-order valence-electron chi connectivity index (χ4n) is 1.87. The first-order valence-corrected chi connectivity index (χ1v) is 6.73. The van der Waals surface area contributed by atoms with Gasteiger partial charge in [-0.2, -0.15) is 0 Å². The summed E-state index contributed by atoms with van der Waals surface area (Å²) in [5.74, 6) is -0.396. The summed E-state index contributed by atoms with van der Waals surface area (Å²) in [5.41, 5.74) is 0. The SMILES string of the molecule is O=S(OC1CCCCC1F)c1ccc(F)cc1. The lowest BCUT2D eigenvalue weighted by molar-refractivity contribution is 0.0749. The fourth-order valence-corrected chi connectivity index (χ4v) is 2.78. The number of rotatable bonds is 3. The van der Waals surface area contributed by atoms with E-state index in [9.17, 15) is 13.0 Å². The minimum Gasteiger partial charge on any atom is -0.280 e. The molecule has 0 N–H and O–H groups in total. The lowest BCUT2D eigenvalue weighted by atomic mass is 9.96. The molecule has 0 aliphatic heterocycles. The molecule has 0 bridgehead atoms. The summed E-state index contributed by atoms with van der Waals surface area (Å²) in [5, 5.41) is 0. The Morgan fingerprint density at radius 3 is 2.47 bits per heavy atom. The molecule has 3 atom stereocenters. The van der Waals surface area contributed by atoms with Crippen LogP contribution in [0, 0.1) is 5.82 Å². The Morgan fingerprint density at radius 1 is 1.18 bits per heavy atom. The zero-order valence-electron chi connectivity index (χ0n) is 9.27. The van der Waals surface area contributed by atoms with Crippen molar-refractivity contribution in [3.63, 3.8) is 0 Å². The summed E-state index contributed by atoms with van der Waals surface area (Å²) >= 11 is -1.72. The summed E-state index contributed by atoms with van der Waals surface area (Å²) in [6.45, 7) is 0. The summed E-state index contributed by atoms with van der Waals surface area (Å²) in [6, 6.07) is 5.21. The molecule has 1 aliphatic rings. The van der Waals surface area contributed by atoms with Crippen LogP contribution in [0.15, 0.2) is 29.2 Å². The van der Waals surface area contributed by atoms with Crippen LogP contribution in [0.1, 0.15) is 25.7 Å². The highest BCUT2D eigenvalue weighted by atomic mass is 32.2. The summed E-state index contributed by atoms with van der Waals surface area (Å²) < 4.78 is 43.1. The molecule has 0 heterocycles. The van der Waals surface area contributed by atoms with E-state index in [1.807, 2.05) is 0 Å². The van der Waals surface area contributed by atoms with E-state index in [1.165, 1.54) is 24.3 Å². The topological polar surface area (TPSA) is 26.3 Å². The van der Waals surface area contributed by atoms with Crippen LogP contribution in [0.2, 0.25) is 0 Å². The average Bonchev–Trinajstić information content (AvgIpc) is 2.33. The van der Waals surface area contributed by atoms with Crippen molar-refractivity contribution in [2.75, 3.05) is 0 Å². The van der Waals surface area contributed by atoms with Gasteiger partial charge in [-0.25, -0.2) is 13.0 Å². The van der Waals surface area contributed by atoms with E-state index >= 15 is 0 Å². The average molecular weight is 260 g/mol. The van der Waals surface area contributed by atoms with Crippen LogP contribution in [-0.4, -0.2) is 16.5 Å². The predicted octanol–water partition coefficient (Wildman–Crippen LogP) is 3.15. The zero-order chi connectivity index (χ0) is 12.3. The molecule has 94 valence electrons. The second-order valence-electron chi connectivity index (χ2n) is 4.12. The molecule has 1 aromatic carbocycles. The van der Waals surface area contributed by atoms with Crippen molar-refractivity contribution in [1.82, 2.24) is 0 Å². The van der Waals surface area contributed by atoms with Gasteiger partial charge in [-0.3, -0.25) is 4.18 Å². The molecule has 1 saturated carbocycles. The van der Waals surface area contributed by atoms with Crippen LogP contribution >= 0.6 is 0 Å². The second-order valence-corrected chi connectivity index (χ2v) is 5.26. The summed E-state index contributed by atoms with van der Waals surface area (Å²) in [4.78, 5) is 0.365. The first-order chi connectivity index (χ1) is 8.16. The van der Waals surface area contributed by atoms with Crippen molar-refractivity contribution in [3.05, 3.63) is 30.1 Å². The largest absolute Gasteiger partial charge is 0.280 e. The summed E-state index contributed by atoms with van der Waals surface area (Å²) in [6.07, 6.45) is 1.15. The van der Waals surface area contributed by atoms with Crippen LogP contribution in [-0.2, 0) is 15.3 Å². The number of hydrogen-bond acceptors (Lipinski definition) is 2. The molecule has 3 unspecified atom stereocenters. The molecule has 2 nitrogen and oxygen atoms in total. The Morgan fingerprint density at radius 2 is 1.82 bits per heavy atom. The molecular formula is C12H14F2O2S. The molecule has 1 aromatic rings. The third-order valence-corrected chi connectivity index (χ3v) is 3.92. The van der Waals surface area contributed by atoms with Gasteiger partial charge >= 0.3 is 0 Å². The van der Waals surface area contributed by atoms with Crippen molar-refractivity contribution < 1.29 is 17.2 Å². The standard InChI is InChI=1S/C12H14F2O2S/c13-9-5-7-10(8-6-9)17(15)16-12-4-2-1-3-11(12)14/h5-8,11-12H,1-4H2. The van der Waals surface area contributed by atoms with Gasteiger partial charge in [0.2, 0.25) is 0 Å². The van der Waals surface area contributed by atoms with Gasteiger partial charge in [-0.1, -0.05) is 12.8 Å². The van der Waals surface area contributed by atoms with Gasteiger partial charge < -0.3 is 0 Å². The number of halogens is 2. The van der Waals surface area contributed by atoms with E-state index in [0.29, 0.717) is 17.7 Å². The molecule has 0 spiro atoms. The van der Waals surface area contributed by atoms with Gasteiger partial charge in [0.25, 0.3) is 0 Å². The minimum absolute atomic E-state index is 0.365. The van der Waals surface area contributed by atoms with E-state index in [1.54, 1.807) is 0 Å². The van der Waals surface area contributed by atoms with Crippen LogP contribution in [0.3, 0.4) is 0 Å². The van der Waals surface area contributed by atoms with Crippen LogP contribution in [0.25, 0.3) is 0 Å². The monoisotopic (exact) mass is 260 g/mol. The maximum absolute atomic E-state index is 13.5.